The fourth-order valence-electron chi connectivity index (χ4n) is 3.61. The molecule has 0 atom stereocenters. The van der Waals surface area contributed by atoms with Crippen LogP contribution in [0.2, 0.25) is 0 Å². The Balaban J connectivity index is 1.64. The Labute approximate surface area is 179 Å². The number of carbonyl (C=O) groups excluding carboxylic acids is 1. The number of aromatic nitrogens is 2. The lowest BCUT2D eigenvalue weighted by atomic mass is 10.0. The van der Waals surface area contributed by atoms with Crippen molar-refractivity contribution in [3.8, 4) is 11.1 Å². The molecule has 0 radical (unpaired) electrons. The van der Waals surface area contributed by atoms with Crippen LogP contribution in [-0.4, -0.2) is 15.5 Å². The molecule has 0 aliphatic carbocycles. The summed E-state index contributed by atoms with van der Waals surface area (Å²) in [5.74, 6) is -0.257. The van der Waals surface area contributed by atoms with E-state index in [9.17, 15) is 9.59 Å². The van der Waals surface area contributed by atoms with Crippen molar-refractivity contribution < 1.29 is 4.79 Å². The summed E-state index contributed by atoms with van der Waals surface area (Å²) < 4.78 is 1.37. The predicted molar refractivity (Wildman–Crippen MR) is 123 cm³/mol. The van der Waals surface area contributed by atoms with E-state index in [-0.39, 0.29) is 18.0 Å². The number of amides is 1. The minimum Gasteiger partial charge on any atom is -0.325 e. The standard InChI is InChI=1S/C24H23N3O2S/c1-4-17-5-7-18(8-6-17)20-13-30-23-22(20)24(29)27(14-25-23)12-21(28)26-19-10-15(2)9-16(3)11-19/h5-11,13-14H,4,12H2,1-3H3,(H,26,28). The summed E-state index contributed by atoms with van der Waals surface area (Å²) in [6.07, 6.45) is 2.42. The first kappa shape index (κ1) is 20.0. The first-order chi connectivity index (χ1) is 14.4. The number of fused-ring (bicyclic) bond motifs is 1. The highest BCUT2D eigenvalue weighted by Crippen LogP contribution is 2.30. The molecule has 2 aromatic carbocycles. The first-order valence-corrected chi connectivity index (χ1v) is 10.8. The average molecular weight is 418 g/mol. The van der Waals surface area contributed by atoms with Gasteiger partial charge in [-0.15, -0.1) is 11.3 Å². The summed E-state index contributed by atoms with van der Waals surface area (Å²) in [6.45, 7) is 5.99. The van der Waals surface area contributed by atoms with Gasteiger partial charge in [-0.25, -0.2) is 4.98 Å². The first-order valence-electron chi connectivity index (χ1n) is 9.88. The maximum absolute atomic E-state index is 13.2. The highest BCUT2D eigenvalue weighted by Gasteiger charge is 2.15. The molecule has 0 bridgehead atoms. The number of aryl methyl sites for hydroxylation is 3. The third-order valence-electron chi connectivity index (χ3n) is 5.05. The van der Waals surface area contributed by atoms with Crippen LogP contribution in [0.15, 0.2) is 59.0 Å². The number of nitrogens with one attached hydrogen (secondary N) is 1. The molecule has 0 spiro atoms. The Hall–Kier alpha value is -3.25. The zero-order valence-electron chi connectivity index (χ0n) is 17.2. The van der Waals surface area contributed by atoms with Crippen LogP contribution in [0.4, 0.5) is 5.69 Å². The molecular formula is C24H23N3O2S. The summed E-state index contributed by atoms with van der Waals surface area (Å²) >= 11 is 1.44. The lowest BCUT2D eigenvalue weighted by Gasteiger charge is -2.09. The molecule has 0 saturated carbocycles. The van der Waals surface area contributed by atoms with E-state index in [0.29, 0.717) is 10.2 Å². The quantitative estimate of drug-likeness (QED) is 0.500. The molecule has 0 aliphatic rings. The van der Waals surface area contributed by atoms with E-state index in [4.69, 9.17) is 0 Å². The van der Waals surface area contributed by atoms with Gasteiger partial charge in [0.25, 0.3) is 5.56 Å². The second kappa shape index (κ2) is 8.24. The molecule has 0 aliphatic heterocycles. The van der Waals surface area contributed by atoms with Gasteiger partial charge < -0.3 is 5.32 Å². The number of rotatable bonds is 5. The van der Waals surface area contributed by atoms with Crippen LogP contribution < -0.4 is 10.9 Å². The average Bonchev–Trinajstić information content (AvgIpc) is 3.14. The van der Waals surface area contributed by atoms with Crippen molar-refractivity contribution in [3.05, 3.63) is 81.2 Å². The summed E-state index contributed by atoms with van der Waals surface area (Å²) in [5, 5.41) is 5.40. The van der Waals surface area contributed by atoms with Gasteiger partial charge >= 0.3 is 0 Å². The van der Waals surface area contributed by atoms with Crippen molar-refractivity contribution in [2.75, 3.05) is 5.32 Å². The van der Waals surface area contributed by atoms with E-state index in [1.54, 1.807) is 0 Å². The number of carbonyl (C=O) groups is 1. The number of nitrogens with zero attached hydrogens (tertiary/aromatic N) is 2. The Kier molecular flexibility index (Phi) is 5.50. The van der Waals surface area contributed by atoms with Crippen LogP contribution in [0.5, 0.6) is 0 Å². The molecule has 0 unspecified atom stereocenters. The number of hydrogen-bond donors (Lipinski definition) is 1. The fourth-order valence-corrected chi connectivity index (χ4v) is 4.52. The van der Waals surface area contributed by atoms with Gasteiger partial charge in [-0.1, -0.05) is 37.3 Å². The van der Waals surface area contributed by atoms with Gasteiger partial charge in [0.15, 0.2) is 0 Å². The molecule has 30 heavy (non-hydrogen) atoms. The van der Waals surface area contributed by atoms with E-state index >= 15 is 0 Å². The molecule has 4 aromatic rings. The van der Waals surface area contributed by atoms with Gasteiger partial charge in [-0.05, 0) is 54.7 Å². The van der Waals surface area contributed by atoms with Crippen molar-refractivity contribution >= 4 is 33.1 Å². The number of benzene rings is 2. The van der Waals surface area contributed by atoms with Gasteiger partial charge in [-0.2, -0.15) is 0 Å². The number of hydrogen-bond acceptors (Lipinski definition) is 4. The molecule has 2 aromatic heterocycles. The topological polar surface area (TPSA) is 64.0 Å². The van der Waals surface area contributed by atoms with Crippen molar-refractivity contribution in [1.29, 1.82) is 0 Å². The predicted octanol–water partition coefficient (Wildman–Crippen LogP) is 4.94. The Morgan fingerprint density at radius 2 is 1.80 bits per heavy atom. The van der Waals surface area contributed by atoms with Crippen LogP contribution in [-0.2, 0) is 17.8 Å². The third-order valence-corrected chi connectivity index (χ3v) is 5.94. The smallest absolute Gasteiger partial charge is 0.263 e. The second-order valence-corrected chi connectivity index (χ2v) is 8.34. The van der Waals surface area contributed by atoms with Gasteiger partial charge in [0.2, 0.25) is 5.91 Å². The fraction of sp³-hybridized carbons (Fsp3) is 0.208. The van der Waals surface area contributed by atoms with Gasteiger partial charge in [0.05, 0.1) is 11.7 Å². The molecule has 1 N–H and O–H groups in total. The summed E-state index contributed by atoms with van der Waals surface area (Å²) in [5.41, 5.74) is 5.76. The Morgan fingerprint density at radius 1 is 1.10 bits per heavy atom. The van der Waals surface area contributed by atoms with E-state index in [1.165, 1.54) is 27.8 Å². The van der Waals surface area contributed by atoms with Crippen LogP contribution >= 0.6 is 11.3 Å². The molecule has 5 nitrogen and oxygen atoms in total. The molecule has 0 fully saturated rings. The van der Waals surface area contributed by atoms with Gasteiger partial charge in [0.1, 0.15) is 11.4 Å². The molecule has 0 saturated heterocycles. The lowest BCUT2D eigenvalue weighted by Crippen LogP contribution is -2.27. The second-order valence-electron chi connectivity index (χ2n) is 7.48. The minimum atomic E-state index is -0.257. The van der Waals surface area contributed by atoms with E-state index in [2.05, 4.69) is 29.4 Å². The van der Waals surface area contributed by atoms with E-state index in [0.717, 1.165) is 34.4 Å². The maximum Gasteiger partial charge on any atom is 0.263 e. The van der Waals surface area contributed by atoms with Crippen molar-refractivity contribution in [2.45, 2.75) is 33.7 Å². The molecular weight excluding hydrogens is 394 g/mol. The highest BCUT2D eigenvalue weighted by atomic mass is 32.1. The van der Waals surface area contributed by atoms with Gasteiger partial charge in [0, 0.05) is 16.6 Å². The molecule has 6 heteroatoms. The highest BCUT2D eigenvalue weighted by molar-refractivity contribution is 7.17. The van der Waals surface area contributed by atoms with Crippen LogP contribution in [0, 0.1) is 13.8 Å². The van der Waals surface area contributed by atoms with Gasteiger partial charge in [-0.3, -0.25) is 14.2 Å². The molecule has 1 amide bonds. The van der Waals surface area contributed by atoms with Crippen molar-refractivity contribution in [1.82, 2.24) is 9.55 Å². The summed E-state index contributed by atoms with van der Waals surface area (Å²) in [6, 6.07) is 14.1. The summed E-state index contributed by atoms with van der Waals surface area (Å²) in [7, 11) is 0. The van der Waals surface area contributed by atoms with Crippen LogP contribution in [0.25, 0.3) is 21.3 Å². The maximum atomic E-state index is 13.2. The number of thiophene rings is 1. The zero-order valence-corrected chi connectivity index (χ0v) is 18.0. The Bertz CT molecular complexity index is 1270. The molecule has 4 rings (SSSR count). The number of anilines is 1. The minimum absolute atomic E-state index is 0.0845. The lowest BCUT2D eigenvalue weighted by molar-refractivity contribution is -0.116. The summed E-state index contributed by atoms with van der Waals surface area (Å²) in [4.78, 5) is 30.8. The third kappa shape index (κ3) is 4.04. The zero-order chi connectivity index (χ0) is 21.3. The van der Waals surface area contributed by atoms with E-state index < -0.39 is 0 Å². The largest absolute Gasteiger partial charge is 0.325 e. The monoisotopic (exact) mass is 417 g/mol. The van der Waals surface area contributed by atoms with Crippen LogP contribution in [0.3, 0.4) is 0 Å². The van der Waals surface area contributed by atoms with Crippen LogP contribution in [0.1, 0.15) is 23.6 Å². The molecule has 152 valence electrons. The molecule has 2 heterocycles. The van der Waals surface area contributed by atoms with E-state index in [1.807, 2.05) is 49.6 Å². The van der Waals surface area contributed by atoms with Crippen molar-refractivity contribution in [2.24, 2.45) is 0 Å². The van der Waals surface area contributed by atoms with Crippen molar-refractivity contribution in [3.63, 3.8) is 0 Å². The SMILES string of the molecule is CCc1ccc(-c2csc3ncn(CC(=O)Nc4cc(C)cc(C)c4)c(=O)c23)cc1. The Morgan fingerprint density at radius 3 is 2.47 bits per heavy atom. The normalized spacial score (nSPS) is 11.0.